The molecule has 228 valence electrons. The first-order valence-electron chi connectivity index (χ1n) is 14.2. The minimum atomic E-state index is -0.364. The lowest BCUT2D eigenvalue weighted by molar-refractivity contribution is -0.111. The van der Waals surface area contributed by atoms with Crippen molar-refractivity contribution in [3.05, 3.63) is 123 Å². The molecular formula is C34H34Cl2FN5O2. The second kappa shape index (κ2) is 14.5. The van der Waals surface area contributed by atoms with E-state index in [9.17, 15) is 14.0 Å². The summed E-state index contributed by atoms with van der Waals surface area (Å²) in [6.45, 7) is 11.5. The average molecular weight is 635 g/mol. The normalized spacial score (nSPS) is 12.3. The first kappa shape index (κ1) is 32.6. The van der Waals surface area contributed by atoms with E-state index in [-0.39, 0.29) is 30.8 Å². The predicted octanol–water partition coefficient (Wildman–Crippen LogP) is 8.62. The Morgan fingerprint density at radius 2 is 1.73 bits per heavy atom. The monoisotopic (exact) mass is 633 g/mol. The Kier molecular flexibility index (Phi) is 10.7. The summed E-state index contributed by atoms with van der Waals surface area (Å²) in [4.78, 5) is 36.6. The highest BCUT2D eigenvalue weighted by Crippen LogP contribution is 2.43. The van der Waals surface area contributed by atoms with Crippen LogP contribution in [0.2, 0.25) is 10.0 Å². The van der Waals surface area contributed by atoms with Crippen LogP contribution in [0.4, 0.5) is 26.4 Å². The van der Waals surface area contributed by atoms with Crippen LogP contribution < -0.4 is 15.1 Å². The molecule has 44 heavy (non-hydrogen) atoms. The highest BCUT2D eigenvalue weighted by Gasteiger charge is 2.36. The Morgan fingerprint density at radius 1 is 1.05 bits per heavy atom. The fourth-order valence-electron chi connectivity index (χ4n) is 4.82. The molecule has 1 aliphatic heterocycles. The second-order valence-corrected chi connectivity index (χ2v) is 11.0. The van der Waals surface area contributed by atoms with Gasteiger partial charge in [-0.15, -0.1) is 0 Å². The first-order valence-corrected chi connectivity index (χ1v) is 15.0. The van der Waals surface area contributed by atoms with E-state index in [0.717, 1.165) is 27.9 Å². The number of halogens is 3. The van der Waals surface area contributed by atoms with Crippen molar-refractivity contribution < 1.29 is 14.0 Å². The van der Waals surface area contributed by atoms with Crippen LogP contribution in [0.15, 0.2) is 73.4 Å². The number of aromatic nitrogens is 2. The van der Waals surface area contributed by atoms with Gasteiger partial charge in [0.05, 0.1) is 28.8 Å². The van der Waals surface area contributed by atoms with Crippen molar-refractivity contribution in [2.24, 2.45) is 0 Å². The van der Waals surface area contributed by atoms with Crippen LogP contribution in [0.25, 0.3) is 0 Å². The quantitative estimate of drug-likeness (QED) is 0.207. The smallest absolute Gasteiger partial charge is 0.322 e. The van der Waals surface area contributed by atoms with E-state index in [1.54, 1.807) is 30.2 Å². The summed E-state index contributed by atoms with van der Waals surface area (Å²) in [6.07, 6.45) is 4.39. The molecule has 0 bridgehead atoms. The highest BCUT2D eigenvalue weighted by atomic mass is 35.5. The molecule has 3 aromatic carbocycles. The molecule has 2 heterocycles. The Bertz CT molecular complexity index is 1680. The molecule has 0 spiro atoms. The van der Waals surface area contributed by atoms with Crippen molar-refractivity contribution in [2.45, 2.75) is 53.6 Å². The number of urea groups is 1. The number of anilines is 3. The predicted molar refractivity (Wildman–Crippen MR) is 176 cm³/mol. The third kappa shape index (κ3) is 7.26. The molecule has 0 radical (unpaired) electrons. The summed E-state index contributed by atoms with van der Waals surface area (Å²) in [7, 11) is 0. The van der Waals surface area contributed by atoms with Crippen LogP contribution in [0, 0.1) is 19.7 Å². The number of para-hydroxylation sites is 1. The van der Waals surface area contributed by atoms with Gasteiger partial charge in [-0.1, -0.05) is 80.0 Å². The lowest BCUT2D eigenvalue weighted by Gasteiger charge is -2.37. The molecular weight excluding hydrogens is 600 g/mol. The Hall–Kier alpha value is -4.27. The Balaban J connectivity index is 0.000000309. The van der Waals surface area contributed by atoms with Crippen molar-refractivity contribution >= 4 is 52.3 Å². The van der Waals surface area contributed by atoms with Gasteiger partial charge in [0.1, 0.15) is 17.5 Å². The zero-order valence-electron chi connectivity index (χ0n) is 25.1. The standard InChI is InChI=1S/C24H23Cl2FN4O.C10H11NO/c1-4-16-10-17(5-2)21(26)22(20(16)25)30-13-18-11-28-14(3)29-23(18)31(24(30)32)12-15-7-6-8-19(27)9-15;1-3-10(12)11-9-7-5-4-6-8(9)2/h6-11H,4-5,12-13H2,1-3H3;3-7H,1H2,2H3,(H,11,12). The minimum Gasteiger partial charge on any atom is -0.322 e. The molecule has 0 fully saturated rings. The maximum Gasteiger partial charge on any atom is 0.330 e. The molecule has 0 unspecified atom stereocenters. The summed E-state index contributed by atoms with van der Waals surface area (Å²) in [5.74, 6) is 0.519. The zero-order chi connectivity index (χ0) is 32.0. The highest BCUT2D eigenvalue weighted by molar-refractivity contribution is 6.41. The van der Waals surface area contributed by atoms with Gasteiger partial charge in [0.25, 0.3) is 0 Å². The third-order valence-corrected chi connectivity index (χ3v) is 8.03. The molecule has 0 saturated heterocycles. The number of aryl methyl sites for hydroxylation is 4. The van der Waals surface area contributed by atoms with Crippen LogP contribution in [-0.4, -0.2) is 21.9 Å². The van der Waals surface area contributed by atoms with E-state index in [1.807, 2.05) is 51.1 Å². The van der Waals surface area contributed by atoms with Gasteiger partial charge >= 0.3 is 6.03 Å². The third-order valence-electron chi connectivity index (χ3n) is 7.19. The molecule has 4 aromatic rings. The molecule has 0 aliphatic carbocycles. The fourth-order valence-corrected chi connectivity index (χ4v) is 5.64. The van der Waals surface area contributed by atoms with E-state index < -0.39 is 0 Å². The molecule has 1 N–H and O–H groups in total. The molecule has 0 atom stereocenters. The fraction of sp³-hybridized carbons (Fsp3) is 0.235. The SMILES string of the molecule is C=CC(=O)Nc1ccccc1C.CCc1cc(CC)c(Cl)c(N2Cc3cnc(C)nc3N(Cc3cccc(F)c3)C2=O)c1Cl. The van der Waals surface area contributed by atoms with Crippen LogP contribution >= 0.6 is 23.2 Å². The number of hydrogen-bond acceptors (Lipinski definition) is 4. The molecule has 0 saturated carbocycles. The van der Waals surface area contributed by atoms with Gasteiger partial charge in [-0.25, -0.2) is 19.2 Å². The average Bonchev–Trinajstić information content (AvgIpc) is 3.01. The van der Waals surface area contributed by atoms with E-state index in [0.29, 0.717) is 45.8 Å². The topological polar surface area (TPSA) is 78.4 Å². The maximum atomic E-state index is 13.8. The van der Waals surface area contributed by atoms with E-state index >= 15 is 0 Å². The van der Waals surface area contributed by atoms with Gasteiger partial charge in [0, 0.05) is 17.4 Å². The van der Waals surface area contributed by atoms with Crippen molar-refractivity contribution in [1.29, 1.82) is 0 Å². The summed E-state index contributed by atoms with van der Waals surface area (Å²) >= 11 is 13.5. The van der Waals surface area contributed by atoms with Gasteiger partial charge in [-0.2, -0.15) is 0 Å². The number of fused-ring (bicyclic) bond motifs is 1. The maximum absolute atomic E-state index is 13.8. The molecule has 10 heteroatoms. The second-order valence-electron chi connectivity index (χ2n) is 10.2. The minimum absolute atomic E-state index is 0.153. The zero-order valence-corrected chi connectivity index (χ0v) is 26.6. The summed E-state index contributed by atoms with van der Waals surface area (Å²) in [5.41, 5.74) is 5.65. The van der Waals surface area contributed by atoms with Crippen LogP contribution in [0.1, 0.15) is 47.5 Å². The molecule has 3 amide bonds. The molecule has 7 nitrogen and oxygen atoms in total. The van der Waals surface area contributed by atoms with E-state index in [4.69, 9.17) is 23.2 Å². The summed E-state index contributed by atoms with van der Waals surface area (Å²) < 4.78 is 13.8. The van der Waals surface area contributed by atoms with Gasteiger partial charge in [-0.3, -0.25) is 14.6 Å². The Labute approximate surface area is 267 Å². The van der Waals surface area contributed by atoms with Gasteiger partial charge in [-0.05, 0) is 73.2 Å². The number of hydrogen-bond donors (Lipinski definition) is 1. The van der Waals surface area contributed by atoms with E-state index in [1.165, 1.54) is 23.1 Å². The molecule has 1 aromatic heterocycles. The molecule has 1 aliphatic rings. The van der Waals surface area contributed by atoms with Crippen LogP contribution in [0.5, 0.6) is 0 Å². The lowest BCUT2D eigenvalue weighted by atomic mass is 10.0. The number of nitrogens with zero attached hydrogens (tertiary/aromatic N) is 4. The number of benzene rings is 3. The first-order chi connectivity index (χ1) is 21.1. The Morgan fingerprint density at radius 3 is 2.34 bits per heavy atom. The number of nitrogens with one attached hydrogen (secondary N) is 1. The summed E-state index contributed by atoms with van der Waals surface area (Å²) in [6, 6.07) is 15.5. The van der Waals surface area contributed by atoms with Crippen molar-refractivity contribution in [2.75, 3.05) is 15.1 Å². The number of carbonyl (C=O) groups is 2. The van der Waals surface area contributed by atoms with Gasteiger partial charge in [0.15, 0.2) is 0 Å². The largest absolute Gasteiger partial charge is 0.330 e. The van der Waals surface area contributed by atoms with Gasteiger partial charge in [0.2, 0.25) is 5.91 Å². The van der Waals surface area contributed by atoms with Crippen molar-refractivity contribution in [1.82, 2.24) is 9.97 Å². The van der Waals surface area contributed by atoms with Gasteiger partial charge < -0.3 is 5.32 Å². The molecule has 5 rings (SSSR count). The summed E-state index contributed by atoms with van der Waals surface area (Å²) in [5, 5.41) is 3.63. The van der Waals surface area contributed by atoms with Crippen LogP contribution in [0.3, 0.4) is 0 Å². The number of carbonyl (C=O) groups excluding carboxylic acids is 2. The number of rotatable bonds is 7. The number of amides is 3. The van der Waals surface area contributed by atoms with Crippen LogP contribution in [-0.2, 0) is 30.7 Å². The van der Waals surface area contributed by atoms with Crippen molar-refractivity contribution in [3.8, 4) is 0 Å². The van der Waals surface area contributed by atoms with E-state index in [2.05, 4.69) is 21.9 Å². The van der Waals surface area contributed by atoms with Crippen molar-refractivity contribution in [3.63, 3.8) is 0 Å². The lowest BCUT2D eigenvalue weighted by Crippen LogP contribution is -2.48.